The van der Waals surface area contributed by atoms with Crippen LogP contribution in [0.4, 0.5) is 0 Å². The minimum Gasteiger partial charge on any atom is -0.489 e. The highest BCUT2D eigenvalue weighted by Gasteiger charge is 2.09. The molecular formula is C21H17BrN2O3. The van der Waals surface area contributed by atoms with Gasteiger partial charge >= 0.3 is 0 Å². The number of hydrogen-bond acceptors (Lipinski definition) is 3. The number of hydrogen-bond donors (Lipinski definition) is 2. The second-order valence-corrected chi connectivity index (χ2v) is 6.63. The van der Waals surface area contributed by atoms with E-state index >= 15 is 0 Å². The van der Waals surface area contributed by atoms with Crippen LogP contribution < -0.4 is 15.6 Å². The van der Waals surface area contributed by atoms with Crippen molar-refractivity contribution in [2.24, 2.45) is 0 Å². The Morgan fingerprint density at radius 3 is 1.81 bits per heavy atom. The first-order valence-electron chi connectivity index (χ1n) is 8.25. The van der Waals surface area contributed by atoms with E-state index in [4.69, 9.17) is 4.74 Å². The molecule has 0 heterocycles. The van der Waals surface area contributed by atoms with E-state index in [2.05, 4.69) is 26.8 Å². The van der Waals surface area contributed by atoms with Crippen LogP contribution in [0.15, 0.2) is 83.3 Å². The van der Waals surface area contributed by atoms with E-state index in [1.807, 2.05) is 30.3 Å². The zero-order valence-electron chi connectivity index (χ0n) is 14.3. The standard InChI is InChI=1S/C21H17BrN2O3/c22-18-10-6-16(7-11-18)20(25)23-24-21(26)17-8-12-19(13-9-17)27-14-15-4-2-1-3-5-15/h1-13H,14H2,(H,23,25)(H,24,26). The highest BCUT2D eigenvalue weighted by molar-refractivity contribution is 9.10. The Morgan fingerprint density at radius 1 is 0.741 bits per heavy atom. The number of ether oxygens (including phenoxy) is 1. The van der Waals surface area contributed by atoms with Gasteiger partial charge in [0, 0.05) is 15.6 Å². The van der Waals surface area contributed by atoms with Gasteiger partial charge in [0.2, 0.25) is 0 Å². The van der Waals surface area contributed by atoms with Crippen molar-refractivity contribution in [3.63, 3.8) is 0 Å². The highest BCUT2D eigenvalue weighted by atomic mass is 79.9. The predicted octanol–water partition coefficient (Wildman–Crippen LogP) is 4.10. The van der Waals surface area contributed by atoms with Crippen molar-refractivity contribution in [1.82, 2.24) is 10.9 Å². The van der Waals surface area contributed by atoms with Crippen molar-refractivity contribution in [2.45, 2.75) is 6.61 Å². The summed E-state index contributed by atoms with van der Waals surface area (Å²) in [6.45, 7) is 0.454. The number of rotatable bonds is 5. The molecule has 0 fully saturated rings. The van der Waals surface area contributed by atoms with Gasteiger partial charge in [0.25, 0.3) is 11.8 Å². The fourth-order valence-corrected chi connectivity index (χ4v) is 2.57. The lowest BCUT2D eigenvalue weighted by atomic mass is 10.2. The monoisotopic (exact) mass is 424 g/mol. The fourth-order valence-electron chi connectivity index (χ4n) is 2.30. The third-order valence-corrected chi connectivity index (χ3v) is 4.29. The van der Waals surface area contributed by atoms with Crippen LogP contribution in [0.25, 0.3) is 0 Å². The maximum Gasteiger partial charge on any atom is 0.269 e. The Hall–Kier alpha value is -3.12. The molecule has 0 saturated carbocycles. The van der Waals surface area contributed by atoms with Gasteiger partial charge in [-0.1, -0.05) is 46.3 Å². The van der Waals surface area contributed by atoms with Crippen molar-refractivity contribution in [3.8, 4) is 5.75 Å². The Balaban J connectivity index is 1.51. The highest BCUT2D eigenvalue weighted by Crippen LogP contribution is 2.14. The van der Waals surface area contributed by atoms with Crippen molar-refractivity contribution in [2.75, 3.05) is 0 Å². The molecule has 0 atom stereocenters. The third-order valence-electron chi connectivity index (χ3n) is 3.76. The maximum absolute atomic E-state index is 12.2. The zero-order valence-corrected chi connectivity index (χ0v) is 15.9. The largest absolute Gasteiger partial charge is 0.489 e. The molecule has 3 rings (SSSR count). The summed E-state index contributed by atoms with van der Waals surface area (Å²) in [5.41, 5.74) is 6.72. The summed E-state index contributed by atoms with van der Waals surface area (Å²) in [7, 11) is 0. The van der Waals surface area contributed by atoms with E-state index in [-0.39, 0.29) is 0 Å². The van der Waals surface area contributed by atoms with Gasteiger partial charge in [-0.25, -0.2) is 0 Å². The van der Waals surface area contributed by atoms with Crippen LogP contribution in [0.5, 0.6) is 5.75 Å². The Morgan fingerprint density at radius 2 is 1.26 bits per heavy atom. The first kappa shape index (κ1) is 18.7. The molecule has 27 heavy (non-hydrogen) atoms. The smallest absolute Gasteiger partial charge is 0.269 e. The second-order valence-electron chi connectivity index (χ2n) is 5.71. The SMILES string of the molecule is O=C(NNC(=O)c1ccc(OCc2ccccc2)cc1)c1ccc(Br)cc1. The van der Waals surface area contributed by atoms with E-state index in [9.17, 15) is 9.59 Å². The molecule has 2 amide bonds. The lowest BCUT2D eigenvalue weighted by molar-refractivity contribution is 0.0846. The minimum atomic E-state index is -0.407. The molecule has 0 bridgehead atoms. The second kappa shape index (κ2) is 9.00. The Kier molecular flexibility index (Phi) is 6.22. The molecule has 0 radical (unpaired) electrons. The maximum atomic E-state index is 12.2. The molecule has 0 spiro atoms. The summed E-state index contributed by atoms with van der Waals surface area (Å²) in [4.78, 5) is 24.2. The molecular weight excluding hydrogens is 408 g/mol. The van der Waals surface area contributed by atoms with Gasteiger partial charge in [0.05, 0.1) is 0 Å². The van der Waals surface area contributed by atoms with Crippen LogP contribution in [-0.4, -0.2) is 11.8 Å². The topological polar surface area (TPSA) is 67.4 Å². The first-order chi connectivity index (χ1) is 13.1. The van der Waals surface area contributed by atoms with Crippen LogP contribution in [-0.2, 0) is 6.61 Å². The number of benzene rings is 3. The molecule has 0 aliphatic rings. The number of hydrazine groups is 1. The van der Waals surface area contributed by atoms with E-state index in [0.29, 0.717) is 23.5 Å². The number of nitrogens with one attached hydrogen (secondary N) is 2. The van der Waals surface area contributed by atoms with Gasteiger partial charge in [-0.3, -0.25) is 20.4 Å². The van der Waals surface area contributed by atoms with Crippen LogP contribution in [0, 0.1) is 0 Å². The number of carbonyl (C=O) groups is 2. The number of halogens is 1. The van der Waals surface area contributed by atoms with Crippen molar-refractivity contribution >= 4 is 27.7 Å². The Labute approximate surface area is 165 Å². The number of amides is 2. The van der Waals surface area contributed by atoms with Crippen LogP contribution in [0.3, 0.4) is 0 Å². The summed E-state index contributed by atoms with van der Waals surface area (Å²) >= 11 is 3.31. The summed E-state index contributed by atoms with van der Waals surface area (Å²) in [6.07, 6.45) is 0. The molecule has 0 aliphatic heterocycles. The molecule has 5 nitrogen and oxygen atoms in total. The zero-order chi connectivity index (χ0) is 19.1. The fraction of sp³-hybridized carbons (Fsp3) is 0.0476. The van der Waals surface area contributed by atoms with Crippen LogP contribution in [0.1, 0.15) is 26.3 Å². The molecule has 6 heteroatoms. The summed E-state index contributed by atoms with van der Waals surface area (Å²) in [5.74, 6) is -0.136. The lowest BCUT2D eigenvalue weighted by Crippen LogP contribution is -2.41. The molecule has 0 aromatic heterocycles. The van der Waals surface area contributed by atoms with Gasteiger partial charge in [-0.05, 0) is 54.1 Å². The van der Waals surface area contributed by atoms with Crippen LogP contribution in [0.2, 0.25) is 0 Å². The summed E-state index contributed by atoms with van der Waals surface area (Å²) < 4.78 is 6.56. The molecule has 3 aromatic carbocycles. The predicted molar refractivity (Wildman–Crippen MR) is 106 cm³/mol. The average Bonchev–Trinajstić information content (AvgIpc) is 2.72. The van der Waals surface area contributed by atoms with Gasteiger partial charge < -0.3 is 4.74 Å². The van der Waals surface area contributed by atoms with Gasteiger partial charge in [-0.15, -0.1) is 0 Å². The summed E-state index contributed by atoms with van der Waals surface area (Å²) in [5, 5.41) is 0. The molecule has 3 aromatic rings. The van der Waals surface area contributed by atoms with E-state index < -0.39 is 11.8 Å². The molecule has 0 saturated heterocycles. The van der Waals surface area contributed by atoms with Gasteiger partial charge in [0.15, 0.2) is 0 Å². The first-order valence-corrected chi connectivity index (χ1v) is 9.04. The Bertz CT molecular complexity index is 910. The van der Waals surface area contributed by atoms with E-state index in [1.165, 1.54) is 0 Å². The van der Waals surface area contributed by atoms with Gasteiger partial charge in [0.1, 0.15) is 12.4 Å². The van der Waals surface area contributed by atoms with Crippen molar-refractivity contribution in [1.29, 1.82) is 0 Å². The average molecular weight is 425 g/mol. The quantitative estimate of drug-likeness (QED) is 0.605. The molecule has 2 N–H and O–H groups in total. The molecule has 136 valence electrons. The molecule has 0 aliphatic carbocycles. The van der Waals surface area contributed by atoms with Crippen molar-refractivity contribution in [3.05, 3.63) is 100 Å². The minimum absolute atomic E-state index is 0.390. The van der Waals surface area contributed by atoms with Crippen LogP contribution >= 0.6 is 15.9 Å². The van der Waals surface area contributed by atoms with E-state index in [1.54, 1.807) is 48.5 Å². The summed E-state index contributed by atoms with van der Waals surface area (Å²) in [6, 6.07) is 23.4. The third kappa shape index (κ3) is 5.43. The number of carbonyl (C=O) groups excluding carboxylic acids is 2. The lowest BCUT2D eigenvalue weighted by Gasteiger charge is -2.09. The van der Waals surface area contributed by atoms with E-state index in [0.717, 1.165) is 10.0 Å². The normalized spacial score (nSPS) is 10.1. The molecule has 0 unspecified atom stereocenters. The van der Waals surface area contributed by atoms with Gasteiger partial charge in [-0.2, -0.15) is 0 Å². The van der Waals surface area contributed by atoms with Crippen molar-refractivity contribution < 1.29 is 14.3 Å².